The number of urea groups is 1. The van der Waals surface area contributed by atoms with Gasteiger partial charge in [-0.3, -0.25) is 14.9 Å². The van der Waals surface area contributed by atoms with Crippen molar-refractivity contribution in [2.24, 2.45) is 0 Å². The van der Waals surface area contributed by atoms with Crippen LogP contribution in [0.3, 0.4) is 0 Å². The van der Waals surface area contributed by atoms with Gasteiger partial charge in [-0.1, -0.05) is 29.3 Å². The maximum atomic E-state index is 12.9. The van der Waals surface area contributed by atoms with E-state index >= 15 is 0 Å². The fourth-order valence-corrected chi connectivity index (χ4v) is 3.11. The smallest absolute Gasteiger partial charge is 0.319 e. The fourth-order valence-electron chi connectivity index (χ4n) is 2.80. The Hall–Kier alpha value is -3.10. The number of hydrogen-bond donors (Lipinski definition) is 3. The number of hydrogen-bond acceptors (Lipinski definition) is 4. The molecule has 1 aliphatic heterocycles. The van der Waals surface area contributed by atoms with E-state index < -0.39 is 22.9 Å². The Morgan fingerprint density at radius 3 is 2.43 bits per heavy atom. The molecule has 2 aromatic rings. The van der Waals surface area contributed by atoms with Crippen LogP contribution >= 0.6 is 23.2 Å². The number of rotatable bonds is 4. The van der Waals surface area contributed by atoms with Crippen molar-refractivity contribution in [1.29, 1.82) is 0 Å². The van der Waals surface area contributed by atoms with Crippen LogP contribution in [0.15, 0.2) is 53.7 Å². The minimum atomic E-state index is -0.749. The summed E-state index contributed by atoms with van der Waals surface area (Å²) in [7, 11) is 0. The predicted octanol–water partition coefficient (Wildman–Crippen LogP) is 4.17. The third-order valence-corrected chi connectivity index (χ3v) is 4.87. The zero-order chi connectivity index (χ0) is 20.4. The van der Waals surface area contributed by atoms with Gasteiger partial charge in [0.05, 0.1) is 26.6 Å². The largest absolute Gasteiger partial charge is 0.327 e. The van der Waals surface area contributed by atoms with Crippen LogP contribution < -0.4 is 16.0 Å². The van der Waals surface area contributed by atoms with E-state index in [4.69, 9.17) is 23.2 Å². The topological polar surface area (TPSA) is 113 Å². The number of amides is 3. The highest BCUT2D eigenvalue weighted by Gasteiger charge is 2.31. The molecule has 28 heavy (non-hydrogen) atoms. The Bertz CT molecular complexity index is 1010. The summed E-state index contributed by atoms with van der Waals surface area (Å²) < 4.78 is 0. The zero-order valence-electron chi connectivity index (χ0n) is 14.5. The van der Waals surface area contributed by atoms with Gasteiger partial charge in [0, 0.05) is 23.5 Å². The number of nitrogens with one attached hydrogen (secondary N) is 3. The number of nitrogens with zero attached hydrogens (tertiary/aromatic N) is 1. The van der Waals surface area contributed by atoms with E-state index in [1.54, 1.807) is 25.1 Å². The number of nitro benzene ring substituents is 1. The van der Waals surface area contributed by atoms with E-state index in [1.165, 1.54) is 24.3 Å². The summed E-state index contributed by atoms with van der Waals surface area (Å²) in [6, 6.07) is 9.03. The maximum absolute atomic E-state index is 12.9. The standard InChI is InChI=1S/C18H14Cl2N4O4/c1-9-15(17(25)22-11-3-5-12(6-4-11)24(27)28)16(23-18(26)21-9)10-2-7-13(19)14(20)8-10/h2-8,16H,1H3,(H,22,25)(H2,21,23,26). The van der Waals surface area contributed by atoms with Crippen molar-refractivity contribution in [3.63, 3.8) is 0 Å². The van der Waals surface area contributed by atoms with Crippen LogP contribution in [0, 0.1) is 10.1 Å². The Morgan fingerprint density at radius 1 is 1.14 bits per heavy atom. The number of carbonyl (C=O) groups excluding carboxylic acids is 2. The molecule has 0 fully saturated rings. The summed E-state index contributed by atoms with van der Waals surface area (Å²) in [4.78, 5) is 35.0. The molecule has 0 bridgehead atoms. The van der Waals surface area contributed by atoms with Gasteiger partial charge < -0.3 is 16.0 Å². The van der Waals surface area contributed by atoms with Crippen LogP contribution in [0.1, 0.15) is 18.5 Å². The highest BCUT2D eigenvalue weighted by Crippen LogP contribution is 2.32. The summed E-state index contributed by atoms with van der Waals surface area (Å²) in [6.45, 7) is 1.61. The highest BCUT2D eigenvalue weighted by atomic mass is 35.5. The van der Waals surface area contributed by atoms with Crippen molar-refractivity contribution in [3.8, 4) is 0 Å². The van der Waals surface area contributed by atoms with E-state index in [9.17, 15) is 19.7 Å². The fraction of sp³-hybridized carbons (Fsp3) is 0.111. The van der Waals surface area contributed by atoms with Gasteiger partial charge >= 0.3 is 6.03 Å². The van der Waals surface area contributed by atoms with Crippen molar-refractivity contribution in [3.05, 3.63) is 79.5 Å². The third kappa shape index (κ3) is 4.08. The van der Waals surface area contributed by atoms with Crippen LogP contribution in [-0.4, -0.2) is 16.9 Å². The minimum Gasteiger partial charge on any atom is -0.327 e. The highest BCUT2D eigenvalue weighted by molar-refractivity contribution is 6.42. The van der Waals surface area contributed by atoms with E-state index in [2.05, 4.69) is 16.0 Å². The number of non-ortho nitro benzene ring substituents is 1. The molecular weight excluding hydrogens is 407 g/mol. The average molecular weight is 421 g/mol. The minimum absolute atomic E-state index is 0.0892. The Kier molecular flexibility index (Phi) is 5.53. The molecule has 1 atom stereocenters. The maximum Gasteiger partial charge on any atom is 0.319 e. The van der Waals surface area contributed by atoms with Crippen molar-refractivity contribution in [1.82, 2.24) is 10.6 Å². The van der Waals surface area contributed by atoms with Crippen LogP contribution in [0.2, 0.25) is 10.0 Å². The normalized spacial score (nSPS) is 16.2. The predicted molar refractivity (Wildman–Crippen MR) is 105 cm³/mol. The summed E-state index contributed by atoms with van der Waals surface area (Å²) in [6.07, 6.45) is 0. The Labute approximate surface area is 169 Å². The lowest BCUT2D eigenvalue weighted by Crippen LogP contribution is -2.45. The molecule has 144 valence electrons. The van der Waals surface area contributed by atoms with Gasteiger partial charge in [0.25, 0.3) is 11.6 Å². The second-order valence-corrected chi connectivity index (χ2v) is 6.82. The molecule has 3 amide bonds. The Balaban J connectivity index is 1.92. The molecular formula is C18H14Cl2N4O4. The molecule has 0 aliphatic carbocycles. The monoisotopic (exact) mass is 420 g/mol. The average Bonchev–Trinajstić information content (AvgIpc) is 2.63. The number of carbonyl (C=O) groups is 2. The van der Waals surface area contributed by atoms with Gasteiger partial charge in [0.2, 0.25) is 0 Å². The zero-order valence-corrected chi connectivity index (χ0v) is 16.0. The number of benzene rings is 2. The molecule has 2 aromatic carbocycles. The van der Waals surface area contributed by atoms with Crippen molar-refractivity contribution >= 4 is 46.5 Å². The summed E-state index contributed by atoms with van der Waals surface area (Å²) >= 11 is 12.0. The first kappa shape index (κ1) is 19.7. The lowest BCUT2D eigenvalue weighted by Gasteiger charge is -2.28. The van der Waals surface area contributed by atoms with Crippen LogP contribution in [0.5, 0.6) is 0 Å². The molecule has 1 heterocycles. The molecule has 1 unspecified atom stereocenters. The second kappa shape index (κ2) is 7.87. The van der Waals surface area contributed by atoms with Crippen LogP contribution in [0.4, 0.5) is 16.2 Å². The summed E-state index contributed by atoms with van der Waals surface area (Å²) in [5.74, 6) is -0.477. The summed E-state index contributed by atoms with van der Waals surface area (Å²) in [5.41, 5.74) is 1.52. The Morgan fingerprint density at radius 2 is 1.82 bits per heavy atom. The van der Waals surface area contributed by atoms with Crippen molar-refractivity contribution in [2.45, 2.75) is 13.0 Å². The second-order valence-electron chi connectivity index (χ2n) is 6.00. The van der Waals surface area contributed by atoms with E-state index in [-0.39, 0.29) is 11.3 Å². The van der Waals surface area contributed by atoms with Gasteiger partial charge in [-0.25, -0.2) is 4.79 Å². The molecule has 8 nitrogen and oxygen atoms in total. The molecule has 0 radical (unpaired) electrons. The molecule has 0 saturated carbocycles. The number of nitro groups is 1. The van der Waals surface area contributed by atoms with E-state index in [0.717, 1.165) is 0 Å². The molecule has 0 aromatic heterocycles. The van der Waals surface area contributed by atoms with Crippen LogP contribution in [0.25, 0.3) is 0 Å². The summed E-state index contributed by atoms with van der Waals surface area (Å²) in [5, 5.41) is 19.3. The molecule has 3 N–H and O–H groups in total. The van der Waals surface area contributed by atoms with Gasteiger partial charge in [0.15, 0.2) is 0 Å². The third-order valence-electron chi connectivity index (χ3n) is 4.13. The first-order chi connectivity index (χ1) is 13.3. The number of allylic oxidation sites excluding steroid dienone is 1. The lowest BCUT2D eigenvalue weighted by atomic mass is 9.95. The van der Waals surface area contributed by atoms with Gasteiger partial charge in [-0.15, -0.1) is 0 Å². The molecule has 0 spiro atoms. The molecule has 3 rings (SSSR count). The molecule has 0 saturated heterocycles. The number of halogens is 2. The molecule has 10 heteroatoms. The van der Waals surface area contributed by atoms with E-state index in [0.29, 0.717) is 27.0 Å². The van der Waals surface area contributed by atoms with Crippen molar-refractivity contribution < 1.29 is 14.5 Å². The molecule has 1 aliphatic rings. The van der Waals surface area contributed by atoms with Crippen molar-refractivity contribution in [2.75, 3.05) is 5.32 Å². The number of anilines is 1. The lowest BCUT2D eigenvalue weighted by molar-refractivity contribution is -0.384. The quantitative estimate of drug-likeness (QED) is 0.508. The van der Waals surface area contributed by atoms with E-state index in [1.807, 2.05) is 0 Å². The van der Waals surface area contributed by atoms with Crippen LogP contribution in [-0.2, 0) is 4.79 Å². The van der Waals surface area contributed by atoms with Gasteiger partial charge in [0.1, 0.15) is 0 Å². The van der Waals surface area contributed by atoms with Gasteiger partial charge in [-0.2, -0.15) is 0 Å². The first-order valence-electron chi connectivity index (χ1n) is 8.05. The van der Waals surface area contributed by atoms with Gasteiger partial charge in [-0.05, 0) is 36.8 Å². The first-order valence-corrected chi connectivity index (χ1v) is 8.81. The SMILES string of the molecule is CC1=C(C(=O)Nc2ccc([N+](=O)[O-])cc2)C(c2ccc(Cl)c(Cl)c2)NC(=O)N1.